The third-order valence-electron chi connectivity index (χ3n) is 15.2. The van der Waals surface area contributed by atoms with Crippen molar-refractivity contribution >= 4 is 94.1 Å². The number of nitrogens with zero attached hydrogens (tertiary/aromatic N) is 2. The van der Waals surface area contributed by atoms with Crippen LogP contribution < -0.4 is 9.80 Å². The normalized spacial score (nSPS) is 12.2. The highest BCUT2D eigenvalue weighted by atomic mass is 15.2. The molecular weight excluding hydrogens is 893 g/mol. The molecule has 0 bridgehead atoms. The Morgan fingerprint density at radius 2 is 0.581 bits per heavy atom. The SMILES string of the molecule is C1=Cc2cc3ccccc3c(-c3cc(-c4c5ccccc5c(N(c5ccccc5)c5ccccc5)c5ccccc45)cc(-c4c5ccccc5c(N(c5ccccc5)c5ccccc5)c5ccccc45)c3)c2CC1. The molecule has 13 aromatic carbocycles. The molecule has 0 radical (unpaired) electrons. The molecule has 0 unspecified atom stereocenters. The van der Waals surface area contributed by atoms with Gasteiger partial charge in [0.1, 0.15) is 0 Å². The molecule has 13 aromatic rings. The zero-order valence-electron chi connectivity index (χ0n) is 40.9. The Morgan fingerprint density at radius 3 is 0.959 bits per heavy atom. The van der Waals surface area contributed by atoms with Crippen molar-refractivity contribution in [2.75, 3.05) is 9.80 Å². The van der Waals surface area contributed by atoms with Gasteiger partial charge in [0, 0.05) is 44.3 Å². The molecule has 0 aliphatic heterocycles. The molecular formula is C72H50N2. The van der Waals surface area contributed by atoms with Gasteiger partial charge in [0.05, 0.1) is 11.4 Å². The highest BCUT2D eigenvalue weighted by Gasteiger charge is 2.26. The average Bonchev–Trinajstić information content (AvgIpc) is 3.49. The molecule has 0 saturated heterocycles. The smallest absolute Gasteiger partial charge is 0.0618 e. The lowest BCUT2D eigenvalue weighted by Gasteiger charge is -2.30. The van der Waals surface area contributed by atoms with Crippen molar-refractivity contribution in [1.29, 1.82) is 0 Å². The van der Waals surface area contributed by atoms with Crippen LogP contribution in [0.2, 0.25) is 0 Å². The first kappa shape index (κ1) is 43.3. The summed E-state index contributed by atoms with van der Waals surface area (Å²) in [4.78, 5) is 4.89. The summed E-state index contributed by atoms with van der Waals surface area (Å²) in [6.07, 6.45) is 6.67. The number of fused-ring (bicyclic) bond motifs is 6. The first-order chi connectivity index (χ1) is 36.8. The Labute approximate surface area is 432 Å². The van der Waals surface area contributed by atoms with Gasteiger partial charge in [-0.3, -0.25) is 0 Å². The van der Waals surface area contributed by atoms with Gasteiger partial charge in [0.15, 0.2) is 0 Å². The van der Waals surface area contributed by atoms with E-state index in [1.807, 2.05) is 0 Å². The van der Waals surface area contributed by atoms with Crippen LogP contribution >= 0.6 is 0 Å². The van der Waals surface area contributed by atoms with Crippen molar-refractivity contribution in [3.8, 4) is 33.4 Å². The van der Waals surface area contributed by atoms with Gasteiger partial charge in [0.25, 0.3) is 0 Å². The van der Waals surface area contributed by atoms with E-state index in [-0.39, 0.29) is 0 Å². The molecule has 0 fully saturated rings. The van der Waals surface area contributed by atoms with Crippen molar-refractivity contribution in [2.24, 2.45) is 0 Å². The fraction of sp³-hybridized carbons (Fsp3) is 0.0278. The summed E-state index contributed by atoms with van der Waals surface area (Å²) >= 11 is 0. The molecule has 0 N–H and O–H groups in total. The first-order valence-electron chi connectivity index (χ1n) is 25.8. The lowest BCUT2D eigenvalue weighted by Crippen LogP contribution is -2.11. The van der Waals surface area contributed by atoms with Crippen molar-refractivity contribution in [3.05, 3.63) is 284 Å². The quantitative estimate of drug-likeness (QED) is 0.133. The van der Waals surface area contributed by atoms with E-state index >= 15 is 0 Å². The van der Waals surface area contributed by atoms with Gasteiger partial charge >= 0.3 is 0 Å². The number of hydrogen-bond acceptors (Lipinski definition) is 2. The Kier molecular flexibility index (Phi) is 10.7. The molecule has 1 aliphatic rings. The van der Waals surface area contributed by atoms with Crippen LogP contribution in [0.3, 0.4) is 0 Å². The number of allylic oxidation sites excluding steroid dienone is 1. The summed E-state index contributed by atoms with van der Waals surface area (Å²) < 4.78 is 0. The van der Waals surface area contributed by atoms with Gasteiger partial charge in [-0.2, -0.15) is 0 Å². The molecule has 2 heteroatoms. The van der Waals surface area contributed by atoms with E-state index in [1.165, 1.54) is 98.4 Å². The Hall–Kier alpha value is -9.50. The van der Waals surface area contributed by atoms with Crippen LogP contribution in [-0.2, 0) is 6.42 Å². The van der Waals surface area contributed by atoms with E-state index in [4.69, 9.17) is 0 Å². The maximum Gasteiger partial charge on any atom is 0.0618 e. The average molecular weight is 943 g/mol. The van der Waals surface area contributed by atoms with Crippen LogP contribution in [-0.4, -0.2) is 0 Å². The predicted octanol–water partition coefficient (Wildman–Crippen LogP) is 20.4. The highest BCUT2D eigenvalue weighted by molar-refractivity contribution is 6.25. The zero-order chi connectivity index (χ0) is 49.0. The van der Waals surface area contributed by atoms with Crippen LogP contribution in [0.4, 0.5) is 34.1 Å². The largest absolute Gasteiger partial charge is 0.309 e. The summed E-state index contributed by atoms with van der Waals surface area (Å²) in [6.45, 7) is 0. The van der Waals surface area contributed by atoms with E-state index in [2.05, 4.69) is 289 Å². The Bertz CT molecular complexity index is 3880. The van der Waals surface area contributed by atoms with E-state index in [9.17, 15) is 0 Å². The monoisotopic (exact) mass is 942 g/mol. The van der Waals surface area contributed by atoms with Crippen molar-refractivity contribution in [1.82, 2.24) is 0 Å². The van der Waals surface area contributed by atoms with Crippen LogP contribution in [0.1, 0.15) is 17.5 Å². The summed E-state index contributed by atoms with van der Waals surface area (Å²) in [5, 5.41) is 12.1. The van der Waals surface area contributed by atoms with Crippen molar-refractivity contribution in [2.45, 2.75) is 12.8 Å². The second-order valence-corrected chi connectivity index (χ2v) is 19.4. The third-order valence-corrected chi connectivity index (χ3v) is 15.2. The van der Waals surface area contributed by atoms with Gasteiger partial charge in [0.2, 0.25) is 0 Å². The summed E-state index contributed by atoms with van der Waals surface area (Å²) in [5.41, 5.74) is 16.9. The number of rotatable bonds is 9. The molecule has 1 aliphatic carbocycles. The minimum absolute atomic E-state index is 0.982. The number of para-hydroxylation sites is 4. The lowest BCUT2D eigenvalue weighted by atomic mass is 9.81. The number of anilines is 6. The predicted molar refractivity (Wildman–Crippen MR) is 317 cm³/mol. The zero-order valence-corrected chi connectivity index (χ0v) is 40.9. The maximum absolute atomic E-state index is 2.51. The molecule has 0 spiro atoms. The number of hydrogen-bond donors (Lipinski definition) is 0. The van der Waals surface area contributed by atoms with E-state index < -0.39 is 0 Å². The number of benzene rings is 13. The molecule has 0 saturated carbocycles. The van der Waals surface area contributed by atoms with E-state index in [0.29, 0.717) is 0 Å². The molecule has 74 heavy (non-hydrogen) atoms. The third kappa shape index (κ3) is 7.26. The standard InChI is InChI=1S/C72H50N2/c1-5-27-54(28-6-1)73(55-29-7-2-8-30-55)71-64-41-21-17-37-60(64)69(61-38-18-22-42-65(61)71)52-46-51(68-58-35-15-13-25-49(58)45-50-26-14-16-36-59(50)68)47-53(48-52)70-62-39-19-23-43-66(62)72(67-44-24-20-40-63(67)70)74(56-31-9-3-10-32-56)57-33-11-4-12-34-57/h1-15,17-35,37-48H,16,36H2. The van der Waals surface area contributed by atoms with Gasteiger partial charge in [-0.15, -0.1) is 0 Å². The van der Waals surface area contributed by atoms with Crippen LogP contribution in [0.25, 0.3) is 93.3 Å². The molecule has 348 valence electrons. The second kappa shape index (κ2) is 18.3. The van der Waals surface area contributed by atoms with Gasteiger partial charge in [-0.05, 0) is 162 Å². The molecule has 0 aromatic heterocycles. The summed E-state index contributed by atoms with van der Waals surface area (Å²) in [5.74, 6) is 0. The van der Waals surface area contributed by atoms with E-state index in [0.717, 1.165) is 47.0 Å². The van der Waals surface area contributed by atoms with E-state index in [1.54, 1.807) is 0 Å². The molecule has 2 nitrogen and oxygen atoms in total. The van der Waals surface area contributed by atoms with Crippen LogP contribution in [0.15, 0.2) is 273 Å². The summed E-state index contributed by atoms with van der Waals surface area (Å²) in [7, 11) is 0. The first-order valence-corrected chi connectivity index (χ1v) is 25.8. The van der Waals surface area contributed by atoms with Crippen molar-refractivity contribution < 1.29 is 0 Å². The minimum atomic E-state index is 0.982. The summed E-state index contributed by atoms with van der Waals surface area (Å²) in [6, 6.07) is 98.5. The maximum atomic E-state index is 2.51. The molecule has 0 atom stereocenters. The molecule has 14 rings (SSSR count). The minimum Gasteiger partial charge on any atom is -0.309 e. The second-order valence-electron chi connectivity index (χ2n) is 19.4. The Balaban J connectivity index is 1.12. The van der Waals surface area contributed by atoms with Gasteiger partial charge in [-0.1, -0.05) is 206 Å². The van der Waals surface area contributed by atoms with Crippen molar-refractivity contribution in [3.63, 3.8) is 0 Å². The Morgan fingerprint density at radius 1 is 0.270 bits per heavy atom. The van der Waals surface area contributed by atoms with Gasteiger partial charge in [-0.25, -0.2) is 0 Å². The van der Waals surface area contributed by atoms with Crippen LogP contribution in [0.5, 0.6) is 0 Å². The van der Waals surface area contributed by atoms with Gasteiger partial charge < -0.3 is 9.80 Å². The lowest BCUT2D eigenvalue weighted by molar-refractivity contribution is 0.991. The molecule has 0 amide bonds. The molecule has 0 heterocycles. The highest BCUT2D eigenvalue weighted by Crippen LogP contribution is 2.52. The fourth-order valence-electron chi connectivity index (χ4n) is 12.1. The van der Waals surface area contributed by atoms with Crippen LogP contribution in [0, 0.1) is 0 Å². The fourth-order valence-corrected chi connectivity index (χ4v) is 12.1. The topological polar surface area (TPSA) is 6.48 Å².